The number of carbonyl (C=O) groups excluding carboxylic acids is 1. The number of carbonyl (C=O) groups is 1. The highest BCUT2D eigenvalue weighted by Crippen LogP contribution is 2.38. The van der Waals surface area contributed by atoms with Crippen LogP contribution in [0, 0.1) is 17.7 Å². The van der Waals surface area contributed by atoms with E-state index in [1.54, 1.807) is 13.2 Å². The fraction of sp³-hybridized carbons (Fsp3) is 0.370. The standard InChI is InChI=1S/C27H30ClFN4O2/c1-4-10-30-27(34)20-7-5-6-17(16(20)2)11-18-12-21-24(14-25(18)35-3)31-15-32-26(21)33-19-8-9-23(29)22(28)13-19/h8-9,12-15,17,20H,2,4-7,10-11H2,1,3H3,(H,30,34)(H,31,32,33). The Labute approximate surface area is 210 Å². The molecule has 1 aromatic heterocycles. The molecule has 1 saturated carbocycles. The van der Waals surface area contributed by atoms with Crippen LogP contribution < -0.4 is 15.4 Å². The molecule has 8 heteroatoms. The highest BCUT2D eigenvalue weighted by molar-refractivity contribution is 6.31. The van der Waals surface area contributed by atoms with E-state index < -0.39 is 5.82 Å². The van der Waals surface area contributed by atoms with Gasteiger partial charge in [-0.15, -0.1) is 0 Å². The Morgan fingerprint density at radius 3 is 2.83 bits per heavy atom. The van der Waals surface area contributed by atoms with E-state index in [2.05, 4.69) is 27.2 Å². The van der Waals surface area contributed by atoms with E-state index in [4.69, 9.17) is 16.3 Å². The van der Waals surface area contributed by atoms with Crippen LogP contribution in [0.25, 0.3) is 10.9 Å². The van der Waals surface area contributed by atoms with Crippen molar-refractivity contribution in [3.63, 3.8) is 0 Å². The Morgan fingerprint density at radius 1 is 1.26 bits per heavy atom. The van der Waals surface area contributed by atoms with Crippen molar-refractivity contribution in [2.75, 3.05) is 19.0 Å². The van der Waals surface area contributed by atoms with E-state index in [1.807, 2.05) is 19.1 Å². The maximum Gasteiger partial charge on any atom is 0.227 e. The van der Waals surface area contributed by atoms with E-state index in [1.165, 1.54) is 18.5 Å². The molecule has 0 aliphatic heterocycles. The van der Waals surface area contributed by atoms with Gasteiger partial charge in [0.1, 0.15) is 23.7 Å². The van der Waals surface area contributed by atoms with Crippen LogP contribution in [0.5, 0.6) is 5.75 Å². The first-order valence-electron chi connectivity index (χ1n) is 11.9. The van der Waals surface area contributed by atoms with Crippen LogP contribution in [0.15, 0.2) is 48.8 Å². The molecule has 4 rings (SSSR count). The second-order valence-electron chi connectivity index (χ2n) is 8.91. The van der Waals surface area contributed by atoms with Crippen molar-refractivity contribution in [2.45, 2.75) is 39.0 Å². The van der Waals surface area contributed by atoms with Gasteiger partial charge in [0.05, 0.1) is 23.6 Å². The van der Waals surface area contributed by atoms with Crippen LogP contribution in [0.3, 0.4) is 0 Å². The van der Waals surface area contributed by atoms with E-state index in [0.717, 1.165) is 53.5 Å². The zero-order valence-electron chi connectivity index (χ0n) is 20.0. The summed E-state index contributed by atoms with van der Waals surface area (Å²) < 4.78 is 19.3. The van der Waals surface area contributed by atoms with Crippen molar-refractivity contribution >= 4 is 39.9 Å². The Hall–Kier alpha value is -3.19. The van der Waals surface area contributed by atoms with E-state index in [-0.39, 0.29) is 22.8 Å². The molecular formula is C27H30ClFN4O2. The molecule has 35 heavy (non-hydrogen) atoms. The van der Waals surface area contributed by atoms with Crippen LogP contribution in [0.1, 0.15) is 38.2 Å². The van der Waals surface area contributed by atoms with Gasteiger partial charge < -0.3 is 15.4 Å². The summed E-state index contributed by atoms with van der Waals surface area (Å²) >= 11 is 5.95. The molecule has 0 bridgehead atoms. The topological polar surface area (TPSA) is 76.1 Å². The number of nitrogens with one attached hydrogen (secondary N) is 2. The summed E-state index contributed by atoms with van der Waals surface area (Å²) in [5, 5.41) is 7.08. The minimum absolute atomic E-state index is 0.0315. The second kappa shape index (κ2) is 11.0. The van der Waals surface area contributed by atoms with Gasteiger partial charge in [0.2, 0.25) is 5.91 Å². The van der Waals surface area contributed by atoms with Crippen LogP contribution in [-0.2, 0) is 11.2 Å². The number of hydrogen-bond acceptors (Lipinski definition) is 5. The second-order valence-corrected chi connectivity index (χ2v) is 9.32. The van der Waals surface area contributed by atoms with Crippen molar-refractivity contribution in [1.82, 2.24) is 15.3 Å². The summed E-state index contributed by atoms with van der Waals surface area (Å²) in [5.41, 5.74) is 3.32. The summed E-state index contributed by atoms with van der Waals surface area (Å²) in [6, 6.07) is 8.35. The predicted octanol–water partition coefficient (Wildman–Crippen LogP) is 6.22. The molecule has 0 radical (unpaired) electrons. The predicted molar refractivity (Wildman–Crippen MR) is 138 cm³/mol. The van der Waals surface area contributed by atoms with E-state index in [9.17, 15) is 9.18 Å². The Kier molecular flexibility index (Phi) is 7.86. The summed E-state index contributed by atoms with van der Waals surface area (Å²) in [7, 11) is 1.64. The summed E-state index contributed by atoms with van der Waals surface area (Å²) in [6.07, 6.45) is 5.86. The fourth-order valence-corrected chi connectivity index (χ4v) is 4.86. The number of ether oxygens (including phenoxy) is 1. The molecule has 1 aliphatic rings. The normalized spacial score (nSPS) is 17.9. The number of halogens is 2. The van der Waals surface area contributed by atoms with Gasteiger partial charge in [-0.25, -0.2) is 14.4 Å². The van der Waals surface area contributed by atoms with Crippen molar-refractivity contribution in [3.8, 4) is 5.75 Å². The quantitative estimate of drug-likeness (QED) is 0.362. The number of nitrogens with zero attached hydrogens (tertiary/aromatic N) is 2. The zero-order chi connectivity index (χ0) is 24.9. The fourth-order valence-electron chi connectivity index (χ4n) is 4.68. The van der Waals surface area contributed by atoms with Gasteiger partial charge in [-0.05, 0) is 61.4 Å². The van der Waals surface area contributed by atoms with Crippen LogP contribution in [0.2, 0.25) is 5.02 Å². The lowest BCUT2D eigenvalue weighted by Crippen LogP contribution is -2.36. The lowest BCUT2D eigenvalue weighted by atomic mass is 9.74. The lowest BCUT2D eigenvalue weighted by Gasteiger charge is -2.31. The first kappa shape index (κ1) is 24.9. The van der Waals surface area contributed by atoms with Gasteiger partial charge in [-0.2, -0.15) is 0 Å². The molecule has 0 saturated heterocycles. The molecule has 1 amide bonds. The summed E-state index contributed by atoms with van der Waals surface area (Å²) in [5.74, 6) is 0.925. The third-order valence-corrected chi connectivity index (χ3v) is 6.86. The average molecular weight is 497 g/mol. The third kappa shape index (κ3) is 5.56. The molecule has 2 atom stereocenters. The van der Waals surface area contributed by atoms with Crippen molar-refractivity contribution in [2.24, 2.45) is 11.8 Å². The molecule has 6 nitrogen and oxygen atoms in total. The average Bonchev–Trinajstić information content (AvgIpc) is 2.86. The number of anilines is 2. The summed E-state index contributed by atoms with van der Waals surface area (Å²) in [6.45, 7) is 7.05. The maximum absolute atomic E-state index is 13.6. The van der Waals surface area contributed by atoms with Gasteiger partial charge in [-0.3, -0.25) is 4.79 Å². The number of methoxy groups -OCH3 is 1. The van der Waals surface area contributed by atoms with Gasteiger partial charge in [0.25, 0.3) is 0 Å². The largest absolute Gasteiger partial charge is 0.496 e. The molecule has 2 N–H and O–H groups in total. The van der Waals surface area contributed by atoms with Gasteiger partial charge in [0.15, 0.2) is 0 Å². The molecule has 1 heterocycles. The Morgan fingerprint density at radius 2 is 2.09 bits per heavy atom. The lowest BCUT2D eigenvalue weighted by molar-refractivity contribution is -0.124. The van der Waals surface area contributed by atoms with Gasteiger partial charge in [-0.1, -0.05) is 37.1 Å². The summed E-state index contributed by atoms with van der Waals surface area (Å²) in [4.78, 5) is 21.5. The number of aromatic nitrogens is 2. The maximum atomic E-state index is 13.6. The van der Waals surface area contributed by atoms with E-state index in [0.29, 0.717) is 24.5 Å². The molecule has 0 spiro atoms. The van der Waals surface area contributed by atoms with Crippen LogP contribution in [0.4, 0.5) is 15.9 Å². The highest BCUT2D eigenvalue weighted by atomic mass is 35.5. The van der Waals surface area contributed by atoms with Crippen molar-refractivity contribution in [1.29, 1.82) is 0 Å². The molecule has 3 aromatic rings. The molecule has 184 valence electrons. The molecule has 1 fully saturated rings. The van der Waals surface area contributed by atoms with E-state index >= 15 is 0 Å². The van der Waals surface area contributed by atoms with Gasteiger partial charge in [0, 0.05) is 23.7 Å². The molecule has 1 aliphatic carbocycles. The number of benzene rings is 2. The molecule has 2 unspecified atom stereocenters. The number of amides is 1. The minimum atomic E-state index is -0.480. The van der Waals surface area contributed by atoms with Crippen LogP contribution >= 0.6 is 11.6 Å². The smallest absolute Gasteiger partial charge is 0.227 e. The highest BCUT2D eigenvalue weighted by Gasteiger charge is 2.31. The first-order valence-corrected chi connectivity index (χ1v) is 12.3. The number of rotatable bonds is 8. The molecular weight excluding hydrogens is 467 g/mol. The Bertz CT molecular complexity index is 1250. The van der Waals surface area contributed by atoms with Crippen molar-refractivity contribution in [3.05, 3.63) is 65.2 Å². The third-order valence-electron chi connectivity index (χ3n) is 6.57. The van der Waals surface area contributed by atoms with Crippen molar-refractivity contribution < 1.29 is 13.9 Å². The zero-order valence-corrected chi connectivity index (χ0v) is 20.8. The number of fused-ring (bicyclic) bond motifs is 1. The monoisotopic (exact) mass is 496 g/mol. The van der Waals surface area contributed by atoms with Crippen LogP contribution in [-0.4, -0.2) is 29.5 Å². The minimum Gasteiger partial charge on any atom is -0.496 e. The first-order chi connectivity index (χ1) is 16.9. The molecule has 2 aromatic carbocycles. The SMILES string of the molecule is C=C1C(Cc2cc3c(Nc4ccc(F)c(Cl)c4)ncnc3cc2OC)CCCC1C(=O)NCCC. The number of hydrogen-bond donors (Lipinski definition) is 2. The Balaban J connectivity index is 1.63. The van der Waals surface area contributed by atoms with Gasteiger partial charge >= 0.3 is 0 Å².